The SMILES string of the molecule is O=C(O)/C=C/c1cccc(S(=O)(=O)Nc2ccccc2)c1. The number of nitrogens with one attached hydrogen (secondary N) is 1. The lowest BCUT2D eigenvalue weighted by Gasteiger charge is -2.08. The standard InChI is InChI=1S/C15H13NO4S/c17-15(18)10-9-12-5-4-8-14(11-12)21(19,20)16-13-6-2-1-3-7-13/h1-11,16H,(H,17,18)/b10-9+. The number of aliphatic carboxylic acids is 1. The van der Waals surface area contributed by atoms with Crippen LogP contribution in [0.25, 0.3) is 6.08 Å². The molecule has 5 nitrogen and oxygen atoms in total. The zero-order chi connectivity index (χ0) is 15.3. The first-order chi connectivity index (χ1) is 9.97. The molecule has 0 spiro atoms. The third-order valence-corrected chi connectivity index (χ3v) is 3.99. The average molecular weight is 303 g/mol. The van der Waals surface area contributed by atoms with Gasteiger partial charge in [0.1, 0.15) is 0 Å². The third-order valence-electron chi connectivity index (χ3n) is 2.61. The van der Waals surface area contributed by atoms with Gasteiger partial charge in [-0.3, -0.25) is 4.72 Å². The number of carboxylic acids is 1. The summed E-state index contributed by atoms with van der Waals surface area (Å²) in [5, 5.41) is 8.58. The number of hydrogen-bond acceptors (Lipinski definition) is 3. The van der Waals surface area contributed by atoms with Crippen LogP contribution in [0.3, 0.4) is 0 Å². The van der Waals surface area contributed by atoms with Crippen molar-refractivity contribution in [2.24, 2.45) is 0 Å². The maximum Gasteiger partial charge on any atom is 0.328 e. The fourth-order valence-corrected chi connectivity index (χ4v) is 2.79. The summed E-state index contributed by atoms with van der Waals surface area (Å²) >= 11 is 0. The van der Waals surface area contributed by atoms with Crippen molar-refractivity contribution in [3.8, 4) is 0 Å². The molecule has 108 valence electrons. The first-order valence-electron chi connectivity index (χ1n) is 6.06. The number of carbonyl (C=O) groups is 1. The van der Waals surface area contributed by atoms with E-state index >= 15 is 0 Å². The second-order valence-corrected chi connectivity index (χ2v) is 5.90. The van der Waals surface area contributed by atoms with Gasteiger partial charge >= 0.3 is 5.97 Å². The Morgan fingerprint density at radius 1 is 1.05 bits per heavy atom. The van der Waals surface area contributed by atoms with Crippen LogP contribution in [0, 0.1) is 0 Å². The molecule has 0 fully saturated rings. The van der Waals surface area contributed by atoms with Gasteiger partial charge in [-0.25, -0.2) is 13.2 Å². The van der Waals surface area contributed by atoms with Crippen LogP contribution in [0.15, 0.2) is 65.6 Å². The summed E-state index contributed by atoms with van der Waals surface area (Å²) in [5.74, 6) is -1.09. The number of hydrogen-bond donors (Lipinski definition) is 2. The highest BCUT2D eigenvalue weighted by atomic mass is 32.2. The van der Waals surface area contributed by atoms with Gasteiger partial charge in [-0.2, -0.15) is 0 Å². The molecule has 0 bridgehead atoms. The van der Waals surface area contributed by atoms with Crippen molar-refractivity contribution in [2.45, 2.75) is 4.90 Å². The average Bonchev–Trinajstić information content (AvgIpc) is 2.46. The van der Waals surface area contributed by atoms with E-state index in [9.17, 15) is 13.2 Å². The first kappa shape index (κ1) is 14.8. The van der Waals surface area contributed by atoms with Crippen LogP contribution >= 0.6 is 0 Å². The number of carboxylic acid groups (broad SMARTS) is 1. The van der Waals surface area contributed by atoms with Crippen molar-refractivity contribution in [3.63, 3.8) is 0 Å². The van der Waals surface area contributed by atoms with Crippen molar-refractivity contribution in [1.82, 2.24) is 0 Å². The molecule has 0 atom stereocenters. The Morgan fingerprint density at radius 3 is 2.43 bits per heavy atom. The molecule has 2 rings (SSSR count). The van der Waals surface area contributed by atoms with Gasteiger partial charge in [-0.15, -0.1) is 0 Å². The fourth-order valence-electron chi connectivity index (χ4n) is 1.67. The van der Waals surface area contributed by atoms with E-state index in [0.717, 1.165) is 6.08 Å². The van der Waals surface area contributed by atoms with Gasteiger partial charge in [0, 0.05) is 11.8 Å². The molecule has 0 saturated carbocycles. The summed E-state index contributed by atoms with van der Waals surface area (Å²) in [6.07, 6.45) is 2.29. The molecule has 0 amide bonds. The smallest absolute Gasteiger partial charge is 0.328 e. The zero-order valence-electron chi connectivity index (χ0n) is 10.9. The van der Waals surface area contributed by atoms with Crippen LogP contribution in [0.1, 0.15) is 5.56 Å². The fraction of sp³-hybridized carbons (Fsp3) is 0. The van der Waals surface area contributed by atoms with E-state index in [1.165, 1.54) is 18.2 Å². The summed E-state index contributed by atoms with van der Waals surface area (Å²) in [6.45, 7) is 0. The minimum atomic E-state index is -3.71. The molecule has 0 aliphatic rings. The topological polar surface area (TPSA) is 83.5 Å². The second-order valence-electron chi connectivity index (χ2n) is 4.22. The molecule has 0 aromatic heterocycles. The summed E-state index contributed by atoms with van der Waals surface area (Å²) in [4.78, 5) is 10.5. The molecule has 6 heteroatoms. The second kappa shape index (κ2) is 6.23. The van der Waals surface area contributed by atoms with E-state index in [2.05, 4.69) is 4.72 Å². The molecular formula is C15H13NO4S. The summed E-state index contributed by atoms with van der Waals surface area (Å²) in [5.41, 5.74) is 0.956. The summed E-state index contributed by atoms with van der Waals surface area (Å²) in [7, 11) is -3.71. The van der Waals surface area contributed by atoms with Gasteiger partial charge < -0.3 is 5.11 Å². The largest absolute Gasteiger partial charge is 0.478 e. The zero-order valence-corrected chi connectivity index (χ0v) is 11.7. The number of anilines is 1. The number of sulfonamides is 1. The van der Waals surface area contributed by atoms with Crippen molar-refractivity contribution in [1.29, 1.82) is 0 Å². The van der Waals surface area contributed by atoms with E-state index in [1.807, 2.05) is 0 Å². The van der Waals surface area contributed by atoms with Crippen molar-refractivity contribution in [3.05, 3.63) is 66.2 Å². The molecule has 2 aromatic rings. The van der Waals surface area contributed by atoms with Crippen LogP contribution in [-0.2, 0) is 14.8 Å². The van der Waals surface area contributed by atoms with E-state index in [4.69, 9.17) is 5.11 Å². The van der Waals surface area contributed by atoms with Gasteiger partial charge in [0.05, 0.1) is 4.90 Å². The van der Waals surface area contributed by atoms with Crippen LogP contribution in [-0.4, -0.2) is 19.5 Å². The first-order valence-corrected chi connectivity index (χ1v) is 7.55. The molecule has 2 N–H and O–H groups in total. The minimum absolute atomic E-state index is 0.0684. The van der Waals surface area contributed by atoms with E-state index < -0.39 is 16.0 Å². The van der Waals surface area contributed by atoms with Gasteiger partial charge in [-0.1, -0.05) is 30.3 Å². The Bertz CT molecular complexity index is 767. The number of para-hydroxylation sites is 1. The molecule has 0 aliphatic carbocycles. The third kappa shape index (κ3) is 4.19. The van der Waals surface area contributed by atoms with Crippen molar-refractivity contribution < 1.29 is 18.3 Å². The Kier molecular flexibility index (Phi) is 4.39. The van der Waals surface area contributed by atoms with Gasteiger partial charge in [0.15, 0.2) is 0 Å². The predicted molar refractivity (Wildman–Crippen MR) is 80.4 cm³/mol. The van der Waals surface area contributed by atoms with Crippen molar-refractivity contribution >= 4 is 27.8 Å². The Morgan fingerprint density at radius 2 is 1.76 bits per heavy atom. The molecule has 0 aliphatic heterocycles. The summed E-state index contributed by atoms with van der Waals surface area (Å²) in [6, 6.07) is 14.6. The molecule has 21 heavy (non-hydrogen) atoms. The van der Waals surface area contributed by atoms with Crippen molar-refractivity contribution in [2.75, 3.05) is 4.72 Å². The highest BCUT2D eigenvalue weighted by Gasteiger charge is 2.13. The van der Waals surface area contributed by atoms with Crippen LogP contribution in [0.5, 0.6) is 0 Å². The molecule has 0 radical (unpaired) electrons. The van der Waals surface area contributed by atoms with Gasteiger partial charge in [0.25, 0.3) is 10.0 Å². The predicted octanol–water partition coefficient (Wildman–Crippen LogP) is 2.59. The highest BCUT2D eigenvalue weighted by Crippen LogP contribution is 2.17. The minimum Gasteiger partial charge on any atom is -0.478 e. The van der Waals surface area contributed by atoms with E-state index in [0.29, 0.717) is 11.3 Å². The normalized spacial score (nSPS) is 11.4. The maximum atomic E-state index is 12.2. The lowest BCUT2D eigenvalue weighted by molar-refractivity contribution is -0.131. The Hall–Kier alpha value is -2.60. The monoisotopic (exact) mass is 303 g/mol. The summed E-state index contributed by atoms with van der Waals surface area (Å²) < 4.78 is 26.9. The molecule has 0 unspecified atom stereocenters. The molecule has 0 saturated heterocycles. The molecular weight excluding hydrogens is 290 g/mol. The molecule has 0 heterocycles. The lowest BCUT2D eigenvalue weighted by atomic mass is 10.2. The van der Waals surface area contributed by atoms with Gasteiger partial charge in [-0.05, 0) is 35.9 Å². The quantitative estimate of drug-likeness (QED) is 0.832. The lowest BCUT2D eigenvalue weighted by Crippen LogP contribution is -2.12. The highest BCUT2D eigenvalue weighted by molar-refractivity contribution is 7.92. The Balaban J connectivity index is 2.28. The van der Waals surface area contributed by atoms with Gasteiger partial charge in [0.2, 0.25) is 0 Å². The number of benzene rings is 2. The maximum absolute atomic E-state index is 12.2. The Labute approximate surface area is 122 Å². The van der Waals surface area contributed by atoms with Crippen LogP contribution in [0.4, 0.5) is 5.69 Å². The van der Waals surface area contributed by atoms with Crippen LogP contribution < -0.4 is 4.72 Å². The number of rotatable bonds is 5. The molecule has 2 aromatic carbocycles. The van der Waals surface area contributed by atoms with Crippen LogP contribution in [0.2, 0.25) is 0 Å². The van der Waals surface area contributed by atoms with E-state index in [1.54, 1.807) is 42.5 Å². The van der Waals surface area contributed by atoms with E-state index in [-0.39, 0.29) is 4.90 Å².